The van der Waals surface area contributed by atoms with Crippen molar-refractivity contribution in [2.45, 2.75) is 19.3 Å². The molecule has 16 nitrogen and oxygen atoms in total. The minimum atomic E-state index is 0.789. The molecule has 0 bridgehead atoms. The van der Waals surface area contributed by atoms with Gasteiger partial charge in [0, 0.05) is 71.3 Å². The zero-order chi connectivity index (χ0) is 41.6. The lowest BCUT2D eigenvalue weighted by Crippen LogP contribution is -2.47. The number of anilines is 3. The number of quaternary nitrogens is 1. The third kappa shape index (κ3) is 12.2. The molecule has 3 heterocycles. The van der Waals surface area contributed by atoms with E-state index >= 15 is 0 Å². The predicted molar refractivity (Wildman–Crippen MR) is 232 cm³/mol. The molecule has 59 heavy (non-hydrogen) atoms. The lowest BCUT2D eigenvalue weighted by molar-refractivity contribution is -0.909. The Bertz CT molecular complexity index is 2000. The van der Waals surface area contributed by atoms with Crippen molar-refractivity contribution in [3.8, 4) is 0 Å². The molecule has 3 aromatic heterocycles. The van der Waals surface area contributed by atoms with E-state index in [1.165, 1.54) is 0 Å². The number of hydrogen-bond donors (Lipinski definition) is 3. The van der Waals surface area contributed by atoms with Gasteiger partial charge in [-0.15, -0.1) is 0 Å². The second kappa shape index (κ2) is 20.2. The van der Waals surface area contributed by atoms with Gasteiger partial charge < -0.3 is 20.4 Å². The Kier molecular flexibility index (Phi) is 14.4. The van der Waals surface area contributed by atoms with Gasteiger partial charge in [-0.1, -0.05) is 15.3 Å². The van der Waals surface area contributed by atoms with Gasteiger partial charge >= 0.3 is 17.8 Å². The minimum absolute atomic E-state index is 0.789. The highest BCUT2D eigenvalue weighted by molar-refractivity contribution is 5.52. The molecule has 0 saturated heterocycles. The molecule has 0 aliphatic heterocycles. The van der Waals surface area contributed by atoms with Crippen LogP contribution < -0.4 is 29.7 Å². The van der Waals surface area contributed by atoms with Crippen molar-refractivity contribution >= 4 is 52.0 Å². The first-order valence-corrected chi connectivity index (χ1v) is 20.2. The summed E-state index contributed by atoms with van der Waals surface area (Å²) in [6.07, 6.45) is 14.9. The van der Waals surface area contributed by atoms with Crippen LogP contribution in [0.1, 0.15) is 19.3 Å². The van der Waals surface area contributed by atoms with Crippen LogP contribution in [0.25, 0.3) is 0 Å². The monoisotopic (exact) mass is 801 g/mol. The summed E-state index contributed by atoms with van der Waals surface area (Å²) in [4.78, 5) is 0. The van der Waals surface area contributed by atoms with Gasteiger partial charge in [-0.25, -0.2) is 27.4 Å². The Morgan fingerprint density at radius 1 is 0.441 bits per heavy atom. The molecular formula is C43H60N16+4. The summed E-state index contributed by atoms with van der Waals surface area (Å²) in [6, 6.07) is 24.4. The number of azo groups is 3. The van der Waals surface area contributed by atoms with Gasteiger partial charge in [-0.3, -0.25) is 0 Å². The number of aryl methyl sites for hydroxylation is 6. The largest absolute Gasteiger partial charge is 0.421 e. The van der Waals surface area contributed by atoms with Crippen LogP contribution in [0, 0.1) is 0 Å². The van der Waals surface area contributed by atoms with Crippen molar-refractivity contribution < 1.29 is 18.2 Å². The number of aromatic nitrogens is 6. The number of hydrogen-bond acceptors (Lipinski definition) is 9. The van der Waals surface area contributed by atoms with Crippen molar-refractivity contribution in [2.75, 3.05) is 62.3 Å². The molecule has 0 unspecified atom stereocenters. The fourth-order valence-electron chi connectivity index (χ4n) is 6.83. The Morgan fingerprint density at radius 2 is 0.712 bits per heavy atom. The molecule has 0 amide bonds. The van der Waals surface area contributed by atoms with Crippen LogP contribution in [-0.4, -0.2) is 64.5 Å². The van der Waals surface area contributed by atoms with E-state index < -0.39 is 0 Å². The van der Waals surface area contributed by atoms with Crippen LogP contribution in [0.2, 0.25) is 0 Å². The number of rotatable bonds is 21. The fourth-order valence-corrected chi connectivity index (χ4v) is 6.83. The molecule has 0 fully saturated rings. The van der Waals surface area contributed by atoms with Crippen LogP contribution in [-0.2, 0) is 42.3 Å². The normalized spacial score (nSPS) is 12.1. The van der Waals surface area contributed by atoms with E-state index in [0.29, 0.717) is 0 Å². The van der Waals surface area contributed by atoms with Gasteiger partial charge in [0.05, 0.1) is 106 Å². The van der Waals surface area contributed by atoms with Gasteiger partial charge in [0.2, 0.25) is 0 Å². The summed E-state index contributed by atoms with van der Waals surface area (Å²) in [5.74, 6) is 2.37. The van der Waals surface area contributed by atoms with Crippen LogP contribution in [0.15, 0.2) is 141 Å². The number of nitrogens with zero attached hydrogens (tertiary/aromatic N) is 13. The fraction of sp³-hybridized carbons (Fsp3) is 0.372. The minimum Gasteiger partial charge on any atom is -0.385 e. The summed E-state index contributed by atoms with van der Waals surface area (Å²) in [7, 11) is 14.2. The van der Waals surface area contributed by atoms with E-state index in [1.54, 1.807) is 0 Å². The summed E-state index contributed by atoms with van der Waals surface area (Å²) in [5, 5.41) is 37.4. The second-order valence-corrected chi connectivity index (χ2v) is 15.3. The summed E-state index contributed by atoms with van der Waals surface area (Å²) in [6.45, 7) is 5.89. The molecule has 3 aromatic carbocycles. The molecule has 0 saturated carbocycles. The van der Waals surface area contributed by atoms with Crippen LogP contribution >= 0.6 is 0 Å². The average molecular weight is 801 g/mol. The van der Waals surface area contributed by atoms with E-state index in [4.69, 9.17) is 0 Å². The van der Waals surface area contributed by atoms with Gasteiger partial charge in [0.25, 0.3) is 0 Å². The summed E-state index contributed by atoms with van der Waals surface area (Å²) in [5.41, 5.74) is 5.71. The number of nitrogens with one attached hydrogen (secondary N) is 3. The maximum atomic E-state index is 4.42. The summed E-state index contributed by atoms with van der Waals surface area (Å²) >= 11 is 0. The Morgan fingerprint density at radius 3 is 0.949 bits per heavy atom. The van der Waals surface area contributed by atoms with E-state index in [9.17, 15) is 0 Å². The van der Waals surface area contributed by atoms with Gasteiger partial charge in [0.15, 0.2) is 0 Å². The van der Waals surface area contributed by atoms with Crippen LogP contribution in [0.5, 0.6) is 0 Å². The molecule has 0 atom stereocenters. The van der Waals surface area contributed by atoms with E-state index in [2.05, 4.69) is 90.1 Å². The highest BCUT2D eigenvalue weighted by atomic mass is 15.3. The quantitative estimate of drug-likeness (QED) is 0.0298. The van der Waals surface area contributed by atoms with Gasteiger partial charge in [-0.2, -0.15) is 0 Å². The van der Waals surface area contributed by atoms with Gasteiger partial charge in [0.1, 0.15) is 17.1 Å². The smallest absolute Gasteiger partial charge is 0.385 e. The first-order valence-electron chi connectivity index (χ1n) is 20.2. The SMILES string of the molecule is Cn1cc[n+](C)c1/N=N/c1ccc(NCCC[N+](C)(CCCNc2ccc(/N=N/c3n(C)cc[n+]3C)cc2)CCCNc2ccc(/N=N/c3n(C)cc[n+]3C)cc2)cc1. The molecule has 0 radical (unpaired) electrons. The molecule has 16 heteroatoms. The standard InChI is InChI=1S/C43H57N16/c1-53-26-27-54(2)41(53)50-47-38-17-11-35(12-18-38)44-23-8-32-59(7,33-9-24-45-36-13-19-39(20-14-36)48-51-42-55(3)28-29-56(42)4)34-10-25-46-37-15-21-40(22-16-37)49-52-43-57(5)30-31-58(43)6/h11-22,26-31H,8-10,23-25,32-34H2,1-7H3/q+1/p+3. The Balaban J connectivity index is 0.983. The molecule has 0 spiro atoms. The lowest BCUT2D eigenvalue weighted by atomic mass is 10.2. The average Bonchev–Trinajstić information content (AvgIpc) is 3.87. The molecule has 0 aliphatic carbocycles. The predicted octanol–water partition coefficient (Wildman–Crippen LogP) is 7.67. The van der Waals surface area contributed by atoms with Crippen molar-refractivity contribution in [2.24, 2.45) is 73.0 Å². The highest BCUT2D eigenvalue weighted by Gasteiger charge is 2.21. The maximum Gasteiger partial charge on any atom is 0.421 e. The third-order valence-electron chi connectivity index (χ3n) is 10.4. The van der Waals surface area contributed by atoms with E-state index in [-0.39, 0.29) is 0 Å². The molecule has 3 N–H and O–H groups in total. The van der Waals surface area contributed by atoms with Crippen molar-refractivity contribution in [3.63, 3.8) is 0 Å². The van der Waals surface area contributed by atoms with Gasteiger partial charge in [-0.05, 0) is 72.8 Å². The van der Waals surface area contributed by atoms with E-state index in [0.717, 1.165) is 115 Å². The van der Waals surface area contributed by atoms with Crippen LogP contribution in [0.4, 0.5) is 52.0 Å². The van der Waals surface area contributed by atoms with Crippen molar-refractivity contribution in [1.29, 1.82) is 0 Å². The molecule has 0 aliphatic rings. The first kappa shape index (κ1) is 42.1. The van der Waals surface area contributed by atoms with Crippen LogP contribution in [0.3, 0.4) is 0 Å². The van der Waals surface area contributed by atoms with Crippen molar-refractivity contribution in [1.82, 2.24) is 13.7 Å². The Labute approximate surface area is 347 Å². The topological polar surface area (TPSA) is 137 Å². The second-order valence-electron chi connectivity index (χ2n) is 15.3. The first-order chi connectivity index (χ1) is 28.5. The maximum absolute atomic E-state index is 4.42. The third-order valence-corrected chi connectivity index (χ3v) is 10.4. The molecule has 6 aromatic rings. The van der Waals surface area contributed by atoms with Crippen molar-refractivity contribution in [3.05, 3.63) is 110 Å². The number of benzene rings is 3. The zero-order valence-electron chi connectivity index (χ0n) is 35.6. The zero-order valence-corrected chi connectivity index (χ0v) is 35.6. The van der Waals surface area contributed by atoms with E-state index in [1.807, 2.05) is 143 Å². The molecule has 308 valence electrons. The highest BCUT2D eigenvalue weighted by Crippen LogP contribution is 2.22. The molecular weight excluding hydrogens is 741 g/mol. The lowest BCUT2D eigenvalue weighted by Gasteiger charge is -2.35. The number of imidazole rings is 3. The summed E-state index contributed by atoms with van der Waals surface area (Å²) < 4.78 is 12.7. The molecule has 6 rings (SSSR count). The Hall–Kier alpha value is -6.55.